The first-order valence-electron chi connectivity index (χ1n) is 12.4. The number of aliphatic hydroxyl groups is 2. The third kappa shape index (κ3) is 8.97. The third-order valence-electron chi connectivity index (χ3n) is 5.81. The summed E-state index contributed by atoms with van der Waals surface area (Å²) in [7, 11) is -4.28. The molecule has 1 aromatic rings. The number of aromatic nitrogens is 2. The molecular weight excluding hydrogens is 593 g/mol. The quantitative estimate of drug-likeness (QED) is 0.0991. The van der Waals surface area contributed by atoms with E-state index in [2.05, 4.69) is 10.1 Å². The van der Waals surface area contributed by atoms with Crippen molar-refractivity contribution in [2.45, 2.75) is 77.0 Å². The molecule has 0 aromatic carbocycles. The highest BCUT2D eigenvalue weighted by Crippen LogP contribution is 2.48. The molecule has 0 unspecified atom stereocenters. The number of carbonyl (C=O) groups excluding carboxylic acids is 2. The molecule has 228 valence electrons. The standard InChI is InChI=1S/C23H37ClN3O11PS/c1-13(2)37-18(31)14(3)26-39(34,35-9-10-40-20(32)22(4,5)12-28)36-11-15-17(30)23(6,24)19(38-15)27-8-7-16(29)25-21(27)33/h7-8,13-15,17,19,28,30H,9-12H2,1-6H3,(H,26,34)(H,25,29,33)/t14-,15-,17-,19-,23-,39-/m1/s1. The number of hydrogen-bond donors (Lipinski definition) is 4. The van der Waals surface area contributed by atoms with Crippen LogP contribution in [0.3, 0.4) is 0 Å². The zero-order chi connectivity index (χ0) is 30.5. The smallest absolute Gasteiger partial charge is 0.406 e. The van der Waals surface area contributed by atoms with E-state index in [1.807, 2.05) is 0 Å². The van der Waals surface area contributed by atoms with Crippen LogP contribution >= 0.6 is 31.1 Å². The summed E-state index contributed by atoms with van der Waals surface area (Å²) in [4.78, 5) is 48.8. The summed E-state index contributed by atoms with van der Waals surface area (Å²) >= 11 is 7.38. The van der Waals surface area contributed by atoms with Crippen molar-refractivity contribution in [3.05, 3.63) is 33.1 Å². The molecule has 2 rings (SSSR count). The molecule has 0 spiro atoms. The molecule has 40 heavy (non-hydrogen) atoms. The maximum atomic E-state index is 13.6. The highest BCUT2D eigenvalue weighted by molar-refractivity contribution is 8.13. The second-order valence-electron chi connectivity index (χ2n) is 10.3. The summed E-state index contributed by atoms with van der Waals surface area (Å²) in [5.41, 5.74) is -2.43. The van der Waals surface area contributed by atoms with Crippen molar-refractivity contribution in [3.63, 3.8) is 0 Å². The van der Waals surface area contributed by atoms with Gasteiger partial charge >= 0.3 is 19.4 Å². The van der Waals surface area contributed by atoms with Crippen molar-refractivity contribution < 1.29 is 42.9 Å². The first-order valence-corrected chi connectivity index (χ1v) is 15.3. The van der Waals surface area contributed by atoms with Crippen LogP contribution in [0.5, 0.6) is 0 Å². The average Bonchev–Trinajstić information content (AvgIpc) is 3.08. The molecule has 0 amide bonds. The number of esters is 1. The van der Waals surface area contributed by atoms with Gasteiger partial charge in [-0.15, -0.1) is 11.6 Å². The average molecular weight is 630 g/mol. The van der Waals surface area contributed by atoms with Gasteiger partial charge in [-0.05, 0) is 41.5 Å². The Kier molecular flexibility index (Phi) is 12.2. The van der Waals surface area contributed by atoms with Crippen LogP contribution < -0.4 is 16.3 Å². The minimum Gasteiger partial charge on any atom is -0.462 e. The predicted molar refractivity (Wildman–Crippen MR) is 147 cm³/mol. The Labute approximate surface area is 240 Å². The van der Waals surface area contributed by atoms with E-state index in [9.17, 15) is 34.0 Å². The number of carbonyl (C=O) groups is 2. The molecule has 0 radical (unpaired) electrons. The second-order valence-corrected chi connectivity index (χ2v) is 13.9. The minimum atomic E-state index is -4.28. The molecule has 1 aromatic heterocycles. The normalized spacial score (nSPS) is 25.5. The number of nitrogens with one attached hydrogen (secondary N) is 2. The number of aromatic amines is 1. The number of hydrogen-bond acceptors (Lipinski definition) is 12. The van der Waals surface area contributed by atoms with E-state index in [-0.39, 0.29) is 24.1 Å². The van der Waals surface area contributed by atoms with Crippen molar-refractivity contribution in [3.8, 4) is 0 Å². The summed E-state index contributed by atoms with van der Waals surface area (Å²) in [5.74, 6) is -0.665. The van der Waals surface area contributed by atoms with Crippen LogP contribution in [-0.2, 0) is 32.7 Å². The maximum Gasteiger partial charge on any atom is 0.406 e. The molecule has 6 atom stereocenters. The van der Waals surface area contributed by atoms with Gasteiger partial charge in [0, 0.05) is 18.0 Å². The van der Waals surface area contributed by atoms with Crippen molar-refractivity contribution >= 4 is 42.2 Å². The highest BCUT2D eigenvalue weighted by Gasteiger charge is 2.54. The topological polar surface area (TPSA) is 195 Å². The summed E-state index contributed by atoms with van der Waals surface area (Å²) in [6.07, 6.45) is -3.13. The molecule has 0 bridgehead atoms. The van der Waals surface area contributed by atoms with Gasteiger partial charge in [0.15, 0.2) is 11.3 Å². The fraction of sp³-hybridized carbons (Fsp3) is 0.739. The summed E-state index contributed by atoms with van der Waals surface area (Å²) in [5, 5.41) is 22.4. The summed E-state index contributed by atoms with van der Waals surface area (Å²) in [6.45, 7) is 8.11. The Morgan fingerprint density at radius 2 is 1.98 bits per heavy atom. The number of alkyl halides is 1. The Balaban J connectivity index is 2.16. The number of ether oxygens (including phenoxy) is 2. The minimum absolute atomic E-state index is 0.0572. The molecule has 0 aliphatic carbocycles. The molecule has 1 saturated heterocycles. The number of aliphatic hydroxyl groups excluding tert-OH is 2. The summed E-state index contributed by atoms with van der Waals surface area (Å²) in [6, 6.07) is -0.0434. The van der Waals surface area contributed by atoms with Gasteiger partial charge in [0.25, 0.3) is 5.56 Å². The van der Waals surface area contributed by atoms with E-state index in [0.717, 1.165) is 28.6 Å². The fourth-order valence-electron chi connectivity index (χ4n) is 3.42. The SMILES string of the molecule is CC(C)OC(=O)[C@@H](C)N[P@@](=O)(OCCSC(=O)C(C)(C)CO)OC[C@H]1O[C@@H](n2ccc(=O)[nH]c2=O)[C@](C)(Cl)[C@@H]1O. The molecule has 1 aliphatic heterocycles. The first kappa shape index (κ1) is 34.7. The molecule has 0 saturated carbocycles. The van der Waals surface area contributed by atoms with Gasteiger partial charge in [-0.2, -0.15) is 0 Å². The number of H-pyrrole nitrogens is 1. The maximum absolute atomic E-state index is 13.6. The van der Waals surface area contributed by atoms with Crippen molar-refractivity contribution in [1.82, 2.24) is 14.6 Å². The Bertz CT molecular complexity index is 1200. The molecule has 1 fully saturated rings. The van der Waals surface area contributed by atoms with Gasteiger partial charge in [0.2, 0.25) is 0 Å². The molecule has 4 N–H and O–H groups in total. The zero-order valence-corrected chi connectivity index (χ0v) is 25.6. The largest absolute Gasteiger partial charge is 0.462 e. The second kappa shape index (κ2) is 14.1. The van der Waals surface area contributed by atoms with Crippen LogP contribution in [0.15, 0.2) is 21.9 Å². The van der Waals surface area contributed by atoms with E-state index in [0.29, 0.717) is 0 Å². The fourth-order valence-corrected chi connectivity index (χ4v) is 6.13. The number of thioether (sulfide) groups is 1. The van der Waals surface area contributed by atoms with E-state index in [1.54, 1.807) is 27.7 Å². The van der Waals surface area contributed by atoms with Gasteiger partial charge in [-0.25, -0.2) is 14.4 Å². The number of halogens is 1. The van der Waals surface area contributed by atoms with Crippen LogP contribution in [0.4, 0.5) is 0 Å². The van der Waals surface area contributed by atoms with Crippen LogP contribution in [0.25, 0.3) is 0 Å². The predicted octanol–water partition coefficient (Wildman–Crippen LogP) is 1.14. The molecule has 2 heterocycles. The lowest BCUT2D eigenvalue weighted by Crippen LogP contribution is -2.43. The van der Waals surface area contributed by atoms with Crippen molar-refractivity contribution in [2.24, 2.45) is 5.41 Å². The van der Waals surface area contributed by atoms with Gasteiger partial charge in [0.1, 0.15) is 23.1 Å². The van der Waals surface area contributed by atoms with Crippen LogP contribution in [0, 0.1) is 5.41 Å². The van der Waals surface area contributed by atoms with E-state index in [4.69, 9.17) is 30.1 Å². The van der Waals surface area contributed by atoms with Crippen molar-refractivity contribution in [2.75, 3.05) is 25.6 Å². The van der Waals surface area contributed by atoms with Gasteiger partial charge in [-0.3, -0.25) is 33.0 Å². The van der Waals surface area contributed by atoms with E-state index >= 15 is 0 Å². The third-order valence-corrected chi connectivity index (χ3v) is 9.12. The lowest BCUT2D eigenvalue weighted by molar-refractivity contribution is -0.149. The van der Waals surface area contributed by atoms with Gasteiger partial charge in [0.05, 0.1) is 31.3 Å². The lowest BCUT2D eigenvalue weighted by Gasteiger charge is -2.26. The molecule has 14 nitrogen and oxygen atoms in total. The number of rotatable bonds is 14. The Morgan fingerprint density at radius 1 is 1.32 bits per heavy atom. The Morgan fingerprint density at radius 3 is 2.55 bits per heavy atom. The Hall–Kier alpha value is -1.55. The van der Waals surface area contributed by atoms with Gasteiger partial charge in [-0.1, -0.05) is 11.8 Å². The van der Waals surface area contributed by atoms with E-state index < -0.39 is 72.4 Å². The number of nitrogens with zero attached hydrogens (tertiary/aromatic N) is 1. The summed E-state index contributed by atoms with van der Waals surface area (Å²) < 4.78 is 36.5. The zero-order valence-electron chi connectivity index (χ0n) is 23.1. The van der Waals surface area contributed by atoms with Gasteiger partial charge < -0.3 is 19.7 Å². The first-order chi connectivity index (χ1) is 18.4. The molecule has 1 aliphatic rings. The monoisotopic (exact) mass is 629 g/mol. The van der Waals surface area contributed by atoms with E-state index in [1.165, 1.54) is 13.8 Å². The van der Waals surface area contributed by atoms with Crippen molar-refractivity contribution in [1.29, 1.82) is 0 Å². The van der Waals surface area contributed by atoms with Crippen LogP contribution in [-0.4, -0.2) is 85.7 Å². The molecular formula is C23H37ClN3O11PS. The lowest BCUT2D eigenvalue weighted by atomic mass is 9.97. The molecule has 17 heteroatoms. The van der Waals surface area contributed by atoms with Crippen LogP contribution in [0.2, 0.25) is 0 Å². The highest BCUT2D eigenvalue weighted by atomic mass is 35.5. The van der Waals surface area contributed by atoms with Crippen LogP contribution in [0.1, 0.15) is 47.8 Å².